The maximum Gasteiger partial charge on any atom is 0.319 e. The number of hydrogen-bond donors (Lipinski definition) is 0. The molecular weight excluding hydrogens is 404 g/mol. The number of fused-ring (bicyclic) bond motifs is 1. The Kier molecular flexibility index (Phi) is 4.53. The van der Waals surface area contributed by atoms with Crippen molar-refractivity contribution in [3.63, 3.8) is 0 Å². The van der Waals surface area contributed by atoms with Gasteiger partial charge in [0.2, 0.25) is 5.88 Å². The Bertz CT molecular complexity index is 1280. The minimum atomic E-state index is -0.510. The zero-order valence-electron chi connectivity index (χ0n) is 17.1. The summed E-state index contributed by atoms with van der Waals surface area (Å²) < 4.78 is 41.2. The Hall–Kier alpha value is -3.62. The van der Waals surface area contributed by atoms with Crippen LogP contribution in [-0.2, 0) is 0 Å². The van der Waals surface area contributed by atoms with E-state index in [1.54, 1.807) is 30.0 Å². The van der Waals surface area contributed by atoms with Gasteiger partial charge in [-0.3, -0.25) is 0 Å². The summed E-state index contributed by atoms with van der Waals surface area (Å²) in [6, 6.07) is 4.79. The molecule has 1 aromatic carbocycles. The Morgan fingerprint density at radius 2 is 1.81 bits per heavy atom. The average molecular weight is 423 g/mol. The zero-order valence-corrected chi connectivity index (χ0v) is 17.1. The van der Waals surface area contributed by atoms with Crippen molar-refractivity contribution in [1.29, 1.82) is 0 Å². The fourth-order valence-electron chi connectivity index (χ4n) is 4.05. The highest BCUT2D eigenvalue weighted by Crippen LogP contribution is 2.57. The Morgan fingerprint density at radius 1 is 1.03 bits per heavy atom. The Balaban J connectivity index is 1.60. The second-order valence-electron chi connectivity index (χ2n) is 7.55. The van der Waals surface area contributed by atoms with Crippen LogP contribution in [0.15, 0.2) is 36.8 Å². The van der Waals surface area contributed by atoms with Gasteiger partial charge in [0, 0.05) is 29.7 Å². The molecule has 1 aliphatic carbocycles. The summed E-state index contributed by atoms with van der Waals surface area (Å²) in [6.45, 7) is 1.67. The highest BCUT2D eigenvalue weighted by Gasteiger charge is 2.44. The van der Waals surface area contributed by atoms with Crippen LogP contribution in [0.5, 0.6) is 11.9 Å². The summed E-state index contributed by atoms with van der Waals surface area (Å²) in [5.41, 5.74) is 3.34. The number of methoxy groups -OCH3 is 2. The molecule has 5 rings (SSSR count). The Morgan fingerprint density at radius 3 is 2.52 bits per heavy atom. The van der Waals surface area contributed by atoms with Crippen LogP contribution in [0.3, 0.4) is 0 Å². The maximum atomic E-state index is 14.5. The number of nitrogens with zero attached hydrogens (tertiary/aromatic N) is 5. The van der Waals surface area contributed by atoms with E-state index in [1.807, 2.05) is 6.07 Å². The summed E-state index contributed by atoms with van der Waals surface area (Å²) in [7, 11) is 2.97. The number of rotatable bonds is 5. The van der Waals surface area contributed by atoms with Crippen LogP contribution in [0.1, 0.15) is 34.9 Å². The van der Waals surface area contributed by atoms with Crippen molar-refractivity contribution in [3.8, 4) is 23.1 Å². The fourth-order valence-corrected chi connectivity index (χ4v) is 4.05. The van der Waals surface area contributed by atoms with Crippen LogP contribution in [0.2, 0.25) is 0 Å². The van der Waals surface area contributed by atoms with Gasteiger partial charge in [-0.25, -0.2) is 23.3 Å². The summed E-state index contributed by atoms with van der Waals surface area (Å²) in [5.74, 6) is -1.05. The molecule has 4 aromatic rings. The lowest BCUT2D eigenvalue weighted by atomic mass is 10.0. The van der Waals surface area contributed by atoms with Gasteiger partial charge in [0.15, 0.2) is 5.65 Å². The van der Waals surface area contributed by atoms with E-state index in [9.17, 15) is 8.78 Å². The topological polar surface area (TPSA) is 74.4 Å². The molecule has 31 heavy (non-hydrogen) atoms. The summed E-state index contributed by atoms with van der Waals surface area (Å²) in [5, 5.41) is 4.59. The molecule has 0 spiro atoms. The summed E-state index contributed by atoms with van der Waals surface area (Å²) in [4.78, 5) is 12.8. The zero-order chi connectivity index (χ0) is 21.7. The third-order valence-electron chi connectivity index (χ3n) is 5.56. The van der Waals surface area contributed by atoms with Gasteiger partial charge in [-0.15, -0.1) is 0 Å². The number of aryl methyl sites for hydroxylation is 1. The fraction of sp³-hybridized carbons (Fsp3) is 0.273. The van der Waals surface area contributed by atoms with Crippen LogP contribution < -0.4 is 9.47 Å². The SMILES string of the molecule is COc1ncc(-c2cc([C@H]3C[C@@H]3c3c(F)cc(C)cc3F)c3nccn3n2)c(OC)n1. The number of halogens is 2. The first-order valence-electron chi connectivity index (χ1n) is 9.75. The molecule has 3 aromatic heterocycles. The standard InChI is InChI=1S/C22H19F2N5O2/c1-11-6-16(23)19(17(24)7-11)13-8-12(13)14-9-18(28-29-5-4-25-20(14)29)15-10-26-22(31-3)27-21(15)30-2/h4-7,9-10,12-13H,8H2,1-3H3/t12-,13-/m0/s1. The lowest BCUT2D eigenvalue weighted by molar-refractivity contribution is 0.353. The number of ether oxygens (including phenoxy) is 2. The molecule has 0 N–H and O–H groups in total. The third kappa shape index (κ3) is 3.26. The smallest absolute Gasteiger partial charge is 0.319 e. The molecular formula is C22H19F2N5O2. The first-order valence-corrected chi connectivity index (χ1v) is 9.75. The van der Waals surface area contributed by atoms with E-state index in [0.717, 1.165) is 5.56 Å². The minimum Gasteiger partial charge on any atom is -0.480 e. The van der Waals surface area contributed by atoms with Gasteiger partial charge in [0.25, 0.3) is 0 Å². The van der Waals surface area contributed by atoms with E-state index in [4.69, 9.17) is 9.47 Å². The van der Waals surface area contributed by atoms with Gasteiger partial charge in [-0.05, 0) is 48.9 Å². The van der Waals surface area contributed by atoms with Crippen LogP contribution in [-0.4, -0.2) is 38.8 Å². The van der Waals surface area contributed by atoms with Crippen molar-refractivity contribution in [2.24, 2.45) is 0 Å². The largest absolute Gasteiger partial charge is 0.480 e. The van der Waals surface area contributed by atoms with Crippen LogP contribution >= 0.6 is 0 Å². The number of hydrogen-bond acceptors (Lipinski definition) is 6. The summed E-state index contributed by atoms with van der Waals surface area (Å²) >= 11 is 0. The molecule has 2 atom stereocenters. The van der Waals surface area contributed by atoms with Crippen LogP contribution in [0.25, 0.3) is 16.9 Å². The number of benzene rings is 1. The van der Waals surface area contributed by atoms with Crippen molar-refractivity contribution in [2.75, 3.05) is 14.2 Å². The monoisotopic (exact) mass is 423 g/mol. The predicted octanol–water partition coefficient (Wildman–Crippen LogP) is 4.06. The van der Waals surface area contributed by atoms with E-state index in [2.05, 4.69) is 20.1 Å². The van der Waals surface area contributed by atoms with Crippen molar-refractivity contribution in [3.05, 3.63) is 65.1 Å². The van der Waals surface area contributed by atoms with Crippen molar-refractivity contribution >= 4 is 5.65 Å². The molecule has 1 fully saturated rings. The molecule has 3 heterocycles. The van der Waals surface area contributed by atoms with Gasteiger partial charge in [-0.1, -0.05) is 0 Å². The average Bonchev–Trinajstić information content (AvgIpc) is 3.37. The first kappa shape index (κ1) is 19.3. The first-order chi connectivity index (χ1) is 15.0. The lowest BCUT2D eigenvalue weighted by Crippen LogP contribution is -2.03. The van der Waals surface area contributed by atoms with Gasteiger partial charge < -0.3 is 9.47 Å². The molecule has 0 amide bonds. The number of aromatic nitrogens is 5. The predicted molar refractivity (Wildman–Crippen MR) is 108 cm³/mol. The van der Waals surface area contributed by atoms with E-state index >= 15 is 0 Å². The molecule has 9 heteroatoms. The highest BCUT2D eigenvalue weighted by atomic mass is 19.1. The second-order valence-corrected chi connectivity index (χ2v) is 7.55. The molecule has 0 radical (unpaired) electrons. The van der Waals surface area contributed by atoms with E-state index in [-0.39, 0.29) is 23.4 Å². The molecule has 0 unspecified atom stereocenters. The molecule has 1 saturated carbocycles. The maximum absolute atomic E-state index is 14.5. The molecule has 7 nitrogen and oxygen atoms in total. The number of imidazole rings is 1. The third-order valence-corrected chi connectivity index (χ3v) is 5.56. The molecule has 0 aliphatic heterocycles. The van der Waals surface area contributed by atoms with Crippen LogP contribution in [0, 0.1) is 18.6 Å². The highest BCUT2D eigenvalue weighted by molar-refractivity contribution is 5.68. The minimum absolute atomic E-state index is 0.0801. The van der Waals surface area contributed by atoms with Gasteiger partial charge in [-0.2, -0.15) is 10.1 Å². The van der Waals surface area contributed by atoms with E-state index in [1.165, 1.54) is 26.4 Å². The van der Waals surface area contributed by atoms with Crippen LogP contribution in [0.4, 0.5) is 8.78 Å². The molecule has 0 saturated heterocycles. The lowest BCUT2D eigenvalue weighted by Gasteiger charge is -2.11. The molecule has 158 valence electrons. The quantitative estimate of drug-likeness (QED) is 0.482. The van der Waals surface area contributed by atoms with Crippen molar-refractivity contribution < 1.29 is 18.3 Å². The Labute approximate surface area is 176 Å². The molecule has 0 bridgehead atoms. The van der Waals surface area contributed by atoms with Gasteiger partial charge >= 0.3 is 6.01 Å². The van der Waals surface area contributed by atoms with E-state index < -0.39 is 11.6 Å². The normalized spacial score (nSPS) is 17.7. The van der Waals surface area contributed by atoms with Crippen molar-refractivity contribution in [1.82, 2.24) is 24.6 Å². The molecule has 1 aliphatic rings. The van der Waals surface area contributed by atoms with Gasteiger partial charge in [0.1, 0.15) is 11.6 Å². The summed E-state index contributed by atoms with van der Waals surface area (Å²) in [6.07, 6.45) is 5.56. The van der Waals surface area contributed by atoms with Crippen molar-refractivity contribution in [2.45, 2.75) is 25.2 Å². The van der Waals surface area contributed by atoms with E-state index in [0.29, 0.717) is 34.8 Å². The van der Waals surface area contributed by atoms with Gasteiger partial charge in [0.05, 0.1) is 25.5 Å². The second kappa shape index (κ2) is 7.26.